The van der Waals surface area contributed by atoms with Crippen LogP contribution < -0.4 is 10.6 Å². The summed E-state index contributed by atoms with van der Waals surface area (Å²) in [6.07, 6.45) is 3.79. The normalized spacial score (nSPS) is 16.5. The molecule has 0 radical (unpaired) electrons. The van der Waals surface area contributed by atoms with Gasteiger partial charge in [0.15, 0.2) is 11.8 Å². The van der Waals surface area contributed by atoms with Crippen molar-refractivity contribution in [1.82, 2.24) is 30.3 Å². The second kappa shape index (κ2) is 10.6. The van der Waals surface area contributed by atoms with Gasteiger partial charge < -0.3 is 20.1 Å². The lowest BCUT2D eigenvalue weighted by molar-refractivity contribution is 0.191. The summed E-state index contributed by atoms with van der Waals surface area (Å²) >= 11 is 1.75. The van der Waals surface area contributed by atoms with Crippen LogP contribution in [0.2, 0.25) is 0 Å². The minimum Gasteiger partial charge on any atom is -0.356 e. The van der Waals surface area contributed by atoms with Gasteiger partial charge in [0.1, 0.15) is 12.4 Å². The minimum absolute atomic E-state index is 0.515. The van der Waals surface area contributed by atoms with Crippen LogP contribution in [-0.4, -0.2) is 51.8 Å². The van der Waals surface area contributed by atoms with E-state index >= 15 is 0 Å². The van der Waals surface area contributed by atoms with Gasteiger partial charge in [-0.3, -0.25) is 0 Å². The van der Waals surface area contributed by atoms with Crippen molar-refractivity contribution in [3.05, 3.63) is 34.0 Å². The third kappa shape index (κ3) is 6.31. The number of guanidine groups is 1. The van der Waals surface area contributed by atoms with Crippen molar-refractivity contribution in [2.24, 2.45) is 18.0 Å². The van der Waals surface area contributed by atoms with Crippen LogP contribution in [0.15, 0.2) is 22.5 Å². The van der Waals surface area contributed by atoms with Crippen LogP contribution in [0.25, 0.3) is 0 Å². The number of likely N-dealkylation sites (tertiary alicyclic amines) is 1. The third-order valence-electron chi connectivity index (χ3n) is 5.39. The molecule has 0 saturated carbocycles. The van der Waals surface area contributed by atoms with Crippen LogP contribution in [-0.2, 0) is 20.1 Å². The van der Waals surface area contributed by atoms with Gasteiger partial charge in [0.2, 0.25) is 0 Å². The maximum atomic E-state index is 4.72. The number of aliphatic imine (C=N–C) groups is 1. The Kier molecular flexibility index (Phi) is 7.85. The Balaban J connectivity index is 1.48. The first-order valence-electron chi connectivity index (χ1n) is 10.2. The SMILES string of the molecule is Cc1nnc(CN=C(NCCCN2CCC(C)CC2)NCc2cccs2)n1C. The van der Waals surface area contributed by atoms with E-state index in [9.17, 15) is 0 Å². The van der Waals surface area contributed by atoms with Crippen LogP contribution in [0, 0.1) is 12.8 Å². The van der Waals surface area contributed by atoms with E-state index in [1.807, 2.05) is 18.5 Å². The zero-order valence-electron chi connectivity index (χ0n) is 17.3. The molecule has 7 nitrogen and oxygen atoms in total. The number of piperidine rings is 1. The fourth-order valence-electron chi connectivity index (χ4n) is 3.29. The molecule has 3 rings (SSSR count). The van der Waals surface area contributed by atoms with Crippen LogP contribution in [0.1, 0.15) is 42.7 Å². The molecule has 0 bridgehead atoms. The van der Waals surface area contributed by atoms with Gasteiger partial charge >= 0.3 is 0 Å². The predicted molar refractivity (Wildman–Crippen MR) is 115 cm³/mol. The number of rotatable bonds is 8. The molecule has 1 fully saturated rings. The molecule has 2 N–H and O–H groups in total. The van der Waals surface area contributed by atoms with Crippen molar-refractivity contribution in [3.63, 3.8) is 0 Å². The number of nitrogens with zero attached hydrogens (tertiary/aromatic N) is 5. The van der Waals surface area contributed by atoms with E-state index in [2.05, 4.69) is 50.2 Å². The quantitative estimate of drug-likeness (QED) is 0.403. The molecule has 0 amide bonds. The summed E-state index contributed by atoms with van der Waals surface area (Å²) in [5, 5.41) is 17.3. The number of aryl methyl sites for hydroxylation is 1. The Morgan fingerprint density at radius 2 is 2.11 bits per heavy atom. The Hall–Kier alpha value is -1.93. The van der Waals surface area contributed by atoms with Gasteiger partial charge in [-0.15, -0.1) is 21.5 Å². The van der Waals surface area contributed by atoms with E-state index in [0.29, 0.717) is 6.54 Å². The first-order valence-corrected chi connectivity index (χ1v) is 11.1. The first-order chi connectivity index (χ1) is 13.6. The molecule has 0 atom stereocenters. The first kappa shape index (κ1) is 20.8. The van der Waals surface area contributed by atoms with E-state index < -0.39 is 0 Å². The Morgan fingerprint density at radius 3 is 2.79 bits per heavy atom. The van der Waals surface area contributed by atoms with E-state index in [4.69, 9.17) is 4.99 Å². The summed E-state index contributed by atoms with van der Waals surface area (Å²) in [7, 11) is 1.98. The largest absolute Gasteiger partial charge is 0.356 e. The molecule has 0 aliphatic carbocycles. The Bertz CT molecular complexity index is 730. The molecule has 0 aromatic carbocycles. The van der Waals surface area contributed by atoms with Crippen molar-refractivity contribution in [2.75, 3.05) is 26.2 Å². The van der Waals surface area contributed by atoms with E-state index in [1.54, 1.807) is 11.3 Å². The second-order valence-electron chi connectivity index (χ2n) is 7.62. The fourth-order valence-corrected chi connectivity index (χ4v) is 3.94. The maximum Gasteiger partial charge on any atom is 0.192 e. The molecule has 0 unspecified atom stereocenters. The molecule has 2 aromatic heterocycles. The van der Waals surface area contributed by atoms with Gasteiger partial charge in [-0.25, -0.2) is 4.99 Å². The van der Waals surface area contributed by atoms with Crippen molar-refractivity contribution < 1.29 is 0 Å². The van der Waals surface area contributed by atoms with Crippen LogP contribution in [0.4, 0.5) is 0 Å². The number of thiophene rings is 1. The van der Waals surface area contributed by atoms with Crippen molar-refractivity contribution >= 4 is 17.3 Å². The predicted octanol–water partition coefficient (Wildman–Crippen LogP) is 2.54. The van der Waals surface area contributed by atoms with Gasteiger partial charge in [-0.2, -0.15) is 0 Å². The van der Waals surface area contributed by atoms with E-state index in [-0.39, 0.29) is 0 Å². The average molecular weight is 404 g/mol. The molecule has 3 heterocycles. The summed E-state index contributed by atoms with van der Waals surface area (Å²) in [4.78, 5) is 8.60. The number of aromatic nitrogens is 3. The van der Waals surface area contributed by atoms with Gasteiger partial charge in [0.25, 0.3) is 0 Å². The van der Waals surface area contributed by atoms with Crippen LogP contribution >= 0.6 is 11.3 Å². The molecular weight excluding hydrogens is 370 g/mol. The highest BCUT2D eigenvalue weighted by Gasteiger charge is 2.14. The highest BCUT2D eigenvalue weighted by molar-refractivity contribution is 7.09. The number of hydrogen-bond acceptors (Lipinski definition) is 5. The van der Waals surface area contributed by atoms with Gasteiger partial charge in [-0.1, -0.05) is 13.0 Å². The van der Waals surface area contributed by atoms with Crippen molar-refractivity contribution in [1.29, 1.82) is 0 Å². The lowest BCUT2D eigenvalue weighted by Crippen LogP contribution is -2.39. The molecule has 1 saturated heterocycles. The minimum atomic E-state index is 0.515. The van der Waals surface area contributed by atoms with Crippen LogP contribution in [0.5, 0.6) is 0 Å². The molecule has 154 valence electrons. The summed E-state index contributed by atoms with van der Waals surface area (Å²) in [5.41, 5.74) is 0. The molecule has 28 heavy (non-hydrogen) atoms. The molecule has 1 aliphatic heterocycles. The Morgan fingerprint density at radius 1 is 1.29 bits per heavy atom. The number of hydrogen-bond donors (Lipinski definition) is 2. The summed E-state index contributed by atoms with van der Waals surface area (Å²) in [5.74, 6) is 3.50. The zero-order chi connectivity index (χ0) is 19.8. The third-order valence-corrected chi connectivity index (χ3v) is 6.27. The highest BCUT2D eigenvalue weighted by Crippen LogP contribution is 2.15. The number of nitrogens with one attached hydrogen (secondary N) is 2. The molecular formula is C20H33N7S. The van der Waals surface area contributed by atoms with Crippen molar-refractivity contribution in [2.45, 2.75) is 46.2 Å². The monoisotopic (exact) mass is 403 g/mol. The second-order valence-corrected chi connectivity index (χ2v) is 8.66. The molecule has 0 spiro atoms. The van der Waals surface area contributed by atoms with Gasteiger partial charge in [-0.05, 0) is 63.2 Å². The van der Waals surface area contributed by atoms with Crippen LogP contribution in [0.3, 0.4) is 0 Å². The smallest absolute Gasteiger partial charge is 0.192 e. The lowest BCUT2D eigenvalue weighted by Gasteiger charge is -2.30. The maximum absolute atomic E-state index is 4.72. The molecule has 2 aromatic rings. The standard InChI is InChI=1S/C20H33N7S/c1-16-7-11-27(12-8-16)10-5-9-21-20(22-14-18-6-4-13-28-18)23-15-19-25-24-17(2)26(19)3/h4,6,13,16H,5,7-12,14-15H2,1-3H3,(H2,21,22,23). The Labute approximate surface area is 172 Å². The van der Waals surface area contributed by atoms with Gasteiger partial charge in [0, 0.05) is 18.5 Å². The molecule has 1 aliphatic rings. The van der Waals surface area contributed by atoms with Crippen molar-refractivity contribution in [3.8, 4) is 0 Å². The zero-order valence-corrected chi connectivity index (χ0v) is 18.1. The molecule has 8 heteroatoms. The fraction of sp³-hybridized carbons (Fsp3) is 0.650. The summed E-state index contributed by atoms with van der Waals surface area (Å²) in [6, 6.07) is 4.21. The topological polar surface area (TPSA) is 70.4 Å². The van der Waals surface area contributed by atoms with Gasteiger partial charge in [0.05, 0.1) is 6.54 Å². The highest BCUT2D eigenvalue weighted by atomic mass is 32.1. The summed E-state index contributed by atoms with van der Waals surface area (Å²) < 4.78 is 1.98. The summed E-state index contributed by atoms with van der Waals surface area (Å²) in [6.45, 7) is 10.2. The lowest BCUT2D eigenvalue weighted by atomic mass is 9.99. The van der Waals surface area contributed by atoms with E-state index in [1.165, 1.54) is 30.8 Å². The van der Waals surface area contributed by atoms with E-state index in [0.717, 1.165) is 49.6 Å². The average Bonchev–Trinajstić information content (AvgIpc) is 3.33.